The molecule has 7 heteroatoms. The molecule has 1 aromatic carbocycles. The second-order valence-electron chi connectivity index (χ2n) is 3.21. The Balaban J connectivity index is 2.72. The summed E-state index contributed by atoms with van der Waals surface area (Å²) in [5.74, 6) is -0.490. The first-order valence-corrected chi connectivity index (χ1v) is 6.28. The number of benzene rings is 1. The van der Waals surface area contributed by atoms with Gasteiger partial charge in [0, 0.05) is 14.2 Å². The maximum atomic E-state index is 12.6. The Labute approximate surface area is 99.6 Å². The van der Waals surface area contributed by atoms with Crippen LogP contribution in [-0.4, -0.2) is 35.5 Å². The molecule has 17 heavy (non-hydrogen) atoms. The van der Waals surface area contributed by atoms with Gasteiger partial charge in [-0.05, 0) is 24.3 Å². The highest BCUT2D eigenvalue weighted by molar-refractivity contribution is 7.89. The fraction of sp³-hybridized carbons (Fsp3) is 0.400. The van der Waals surface area contributed by atoms with Gasteiger partial charge in [0.05, 0.1) is 11.4 Å². The maximum absolute atomic E-state index is 12.6. The maximum Gasteiger partial charge on any atom is 0.240 e. The van der Waals surface area contributed by atoms with Crippen LogP contribution in [0.3, 0.4) is 0 Å². The molecule has 0 spiro atoms. The van der Waals surface area contributed by atoms with Crippen molar-refractivity contribution in [1.29, 1.82) is 0 Å². The lowest BCUT2D eigenvalue weighted by Gasteiger charge is -2.14. The number of methoxy groups -OCH3 is 2. The Morgan fingerprint density at radius 3 is 2.24 bits per heavy atom. The summed E-state index contributed by atoms with van der Waals surface area (Å²) in [6.07, 6.45) is -0.662. The van der Waals surface area contributed by atoms with Gasteiger partial charge in [-0.25, -0.2) is 17.5 Å². The van der Waals surface area contributed by atoms with E-state index in [1.807, 2.05) is 0 Å². The Kier molecular flexibility index (Phi) is 5.01. The van der Waals surface area contributed by atoms with Crippen molar-refractivity contribution in [1.82, 2.24) is 4.72 Å². The van der Waals surface area contributed by atoms with E-state index in [2.05, 4.69) is 4.72 Å². The van der Waals surface area contributed by atoms with Gasteiger partial charge in [0.1, 0.15) is 5.82 Å². The molecule has 0 aliphatic heterocycles. The molecule has 1 aromatic rings. The molecule has 0 unspecified atom stereocenters. The van der Waals surface area contributed by atoms with Crippen LogP contribution in [-0.2, 0) is 19.5 Å². The molecule has 0 saturated heterocycles. The highest BCUT2D eigenvalue weighted by Crippen LogP contribution is 2.09. The lowest BCUT2D eigenvalue weighted by atomic mass is 10.4. The van der Waals surface area contributed by atoms with Gasteiger partial charge < -0.3 is 9.47 Å². The number of halogens is 1. The van der Waals surface area contributed by atoms with Gasteiger partial charge in [0.15, 0.2) is 6.29 Å². The SMILES string of the molecule is COC(CNS(=O)(=O)c1ccc(F)cc1)OC. The zero-order valence-corrected chi connectivity index (χ0v) is 10.3. The number of hydrogen-bond donors (Lipinski definition) is 1. The minimum absolute atomic E-state index is 0.00939. The minimum Gasteiger partial charge on any atom is -0.355 e. The van der Waals surface area contributed by atoms with Crippen molar-refractivity contribution >= 4 is 10.0 Å². The summed E-state index contributed by atoms with van der Waals surface area (Å²) in [6.45, 7) is -0.0211. The quantitative estimate of drug-likeness (QED) is 0.768. The predicted octanol–water partition coefficient (Wildman–Crippen LogP) is 0.723. The molecule has 0 atom stereocenters. The summed E-state index contributed by atoms with van der Waals surface area (Å²) in [4.78, 5) is -0.00939. The molecular weight excluding hydrogens is 249 g/mol. The molecule has 5 nitrogen and oxygen atoms in total. The van der Waals surface area contributed by atoms with E-state index in [0.717, 1.165) is 12.1 Å². The molecule has 0 heterocycles. The van der Waals surface area contributed by atoms with E-state index in [1.165, 1.54) is 26.4 Å². The molecule has 0 aliphatic carbocycles. The lowest BCUT2D eigenvalue weighted by Crippen LogP contribution is -2.34. The highest BCUT2D eigenvalue weighted by atomic mass is 32.2. The smallest absolute Gasteiger partial charge is 0.240 e. The monoisotopic (exact) mass is 263 g/mol. The number of sulfonamides is 1. The molecule has 0 fully saturated rings. The van der Waals surface area contributed by atoms with E-state index >= 15 is 0 Å². The van der Waals surface area contributed by atoms with Gasteiger partial charge in [-0.3, -0.25) is 0 Å². The van der Waals surface area contributed by atoms with Crippen molar-refractivity contribution < 1.29 is 22.3 Å². The second-order valence-corrected chi connectivity index (χ2v) is 4.97. The Morgan fingerprint density at radius 2 is 1.76 bits per heavy atom. The number of hydrogen-bond acceptors (Lipinski definition) is 4. The van der Waals surface area contributed by atoms with Crippen LogP contribution in [0.5, 0.6) is 0 Å². The Morgan fingerprint density at radius 1 is 1.24 bits per heavy atom. The molecule has 1 rings (SSSR count). The van der Waals surface area contributed by atoms with Crippen molar-refractivity contribution in [2.24, 2.45) is 0 Å². The molecule has 0 saturated carbocycles. The number of ether oxygens (including phenoxy) is 2. The Hall–Kier alpha value is -1.02. The van der Waals surface area contributed by atoms with E-state index in [0.29, 0.717) is 0 Å². The van der Waals surface area contributed by atoms with E-state index < -0.39 is 22.1 Å². The topological polar surface area (TPSA) is 64.6 Å². The zero-order chi connectivity index (χ0) is 12.9. The molecule has 0 bridgehead atoms. The average molecular weight is 263 g/mol. The van der Waals surface area contributed by atoms with Crippen LogP contribution in [0.1, 0.15) is 0 Å². The second kappa shape index (κ2) is 6.06. The van der Waals surface area contributed by atoms with Crippen LogP contribution in [0, 0.1) is 5.82 Å². The van der Waals surface area contributed by atoms with Crippen LogP contribution in [0.15, 0.2) is 29.2 Å². The summed E-state index contributed by atoms with van der Waals surface area (Å²) in [5, 5.41) is 0. The number of nitrogens with one attached hydrogen (secondary N) is 1. The molecule has 0 aromatic heterocycles. The molecule has 0 aliphatic rings. The summed E-state index contributed by atoms with van der Waals surface area (Å²) in [6, 6.07) is 4.54. The minimum atomic E-state index is -3.67. The van der Waals surface area contributed by atoms with E-state index in [4.69, 9.17) is 9.47 Å². The highest BCUT2D eigenvalue weighted by Gasteiger charge is 2.16. The van der Waals surface area contributed by atoms with Crippen LogP contribution in [0.25, 0.3) is 0 Å². The molecule has 1 N–H and O–H groups in total. The van der Waals surface area contributed by atoms with Gasteiger partial charge in [-0.1, -0.05) is 0 Å². The van der Waals surface area contributed by atoms with Crippen molar-refractivity contribution in [3.05, 3.63) is 30.1 Å². The van der Waals surface area contributed by atoms with Gasteiger partial charge in [-0.2, -0.15) is 0 Å². The first kappa shape index (κ1) is 14.0. The largest absolute Gasteiger partial charge is 0.355 e. The van der Waals surface area contributed by atoms with Gasteiger partial charge >= 0.3 is 0 Å². The van der Waals surface area contributed by atoms with Crippen molar-refractivity contribution in [3.63, 3.8) is 0 Å². The predicted molar refractivity (Wildman–Crippen MR) is 59.4 cm³/mol. The normalized spacial score (nSPS) is 12.0. The molecule has 96 valence electrons. The number of rotatable bonds is 6. The van der Waals surface area contributed by atoms with E-state index in [-0.39, 0.29) is 11.4 Å². The first-order chi connectivity index (χ1) is 7.99. The summed E-state index contributed by atoms with van der Waals surface area (Å²) >= 11 is 0. The van der Waals surface area contributed by atoms with E-state index in [9.17, 15) is 12.8 Å². The standard InChI is InChI=1S/C10H14FNO4S/c1-15-10(16-2)7-12-17(13,14)9-5-3-8(11)4-6-9/h3-6,10,12H,7H2,1-2H3. The third kappa shape index (κ3) is 4.04. The fourth-order valence-electron chi connectivity index (χ4n) is 1.14. The van der Waals surface area contributed by atoms with Crippen LogP contribution < -0.4 is 4.72 Å². The van der Waals surface area contributed by atoms with Gasteiger partial charge in [0.25, 0.3) is 0 Å². The van der Waals surface area contributed by atoms with Gasteiger partial charge in [-0.15, -0.1) is 0 Å². The summed E-state index contributed by atoms with van der Waals surface area (Å²) in [5.41, 5.74) is 0. The summed E-state index contributed by atoms with van der Waals surface area (Å²) < 4.78 is 48.1. The van der Waals surface area contributed by atoms with Crippen LogP contribution in [0.4, 0.5) is 4.39 Å². The first-order valence-electron chi connectivity index (χ1n) is 4.80. The van der Waals surface area contributed by atoms with Crippen molar-refractivity contribution in [2.75, 3.05) is 20.8 Å². The fourth-order valence-corrected chi connectivity index (χ4v) is 2.15. The molecule has 0 radical (unpaired) electrons. The Bertz CT molecular complexity index is 442. The third-order valence-corrected chi connectivity index (χ3v) is 3.53. The third-order valence-electron chi connectivity index (χ3n) is 2.09. The molecular formula is C10H14FNO4S. The van der Waals surface area contributed by atoms with Crippen LogP contribution >= 0.6 is 0 Å². The zero-order valence-electron chi connectivity index (χ0n) is 9.51. The van der Waals surface area contributed by atoms with Crippen LogP contribution in [0.2, 0.25) is 0 Å². The van der Waals surface area contributed by atoms with Crippen molar-refractivity contribution in [3.8, 4) is 0 Å². The molecule has 0 amide bonds. The lowest BCUT2D eigenvalue weighted by molar-refractivity contribution is -0.0960. The summed E-state index contributed by atoms with van der Waals surface area (Å²) in [7, 11) is -0.863. The van der Waals surface area contributed by atoms with E-state index in [1.54, 1.807) is 0 Å². The van der Waals surface area contributed by atoms with Crippen molar-refractivity contribution in [2.45, 2.75) is 11.2 Å². The average Bonchev–Trinajstić information content (AvgIpc) is 2.31. The van der Waals surface area contributed by atoms with Gasteiger partial charge in [0.2, 0.25) is 10.0 Å².